The Balaban J connectivity index is 2.01. The first-order valence-corrected chi connectivity index (χ1v) is 7.72. The molecule has 24 heavy (non-hydrogen) atoms. The minimum absolute atomic E-state index is 0.0893. The highest BCUT2D eigenvalue weighted by Gasteiger charge is 2.18. The lowest BCUT2D eigenvalue weighted by molar-refractivity contribution is -0.120. The third-order valence-corrected chi connectivity index (χ3v) is 3.55. The van der Waals surface area contributed by atoms with E-state index in [0.29, 0.717) is 5.69 Å². The van der Waals surface area contributed by atoms with Crippen LogP contribution in [-0.2, 0) is 11.2 Å². The Morgan fingerprint density at radius 3 is 2.38 bits per heavy atom. The summed E-state index contributed by atoms with van der Waals surface area (Å²) in [6.07, 6.45) is 0.108. The smallest absolute Gasteiger partial charge is 0.226 e. The van der Waals surface area contributed by atoms with Crippen molar-refractivity contribution in [1.82, 2.24) is 20.3 Å². The molecule has 0 radical (unpaired) electrons. The average molecular weight is 322 g/mol. The van der Waals surface area contributed by atoms with E-state index >= 15 is 0 Å². The molecule has 0 fully saturated rings. The van der Waals surface area contributed by atoms with Gasteiger partial charge in [0.15, 0.2) is 0 Å². The third kappa shape index (κ3) is 3.49. The van der Waals surface area contributed by atoms with Crippen LogP contribution in [0.3, 0.4) is 0 Å². The van der Waals surface area contributed by atoms with Crippen LogP contribution in [0.15, 0.2) is 60.7 Å². The molecule has 0 spiro atoms. The van der Waals surface area contributed by atoms with E-state index in [4.69, 9.17) is 5.11 Å². The third-order valence-electron chi connectivity index (χ3n) is 3.55. The van der Waals surface area contributed by atoms with E-state index in [0.717, 1.165) is 16.9 Å². The van der Waals surface area contributed by atoms with Crippen LogP contribution in [0.25, 0.3) is 16.9 Å². The molecule has 1 amide bonds. The van der Waals surface area contributed by atoms with Crippen LogP contribution < -0.4 is 5.32 Å². The molecule has 2 aromatic carbocycles. The normalized spacial score (nSPS) is 10.5. The minimum atomic E-state index is -0.193. The van der Waals surface area contributed by atoms with E-state index in [-0.39, 0.29) is 25.5 Å². The van der Waals surface area contributed by atoms with Crippen LogP contribution in [0.2, 0.25) is 0 Å². The number of rotatable bonds is 6. The maximum atomic E-state index is 12.0. The maximum absolute atomic E-state index is 12.0. The zero-order valence-corrected chi connectivity index (χ0v) is 13.1. The number of aliphatic hydroxyl groups is 1. The van der Waals surface area contributed by atoms with E-state index in [9.17, 15) is 4.79 Å². The number of carbonyl (C=O) groups excluding carboxylic acids is 1. The number of hydrogen-bond acceptors (Lipinski definition) is 4. The quantitative estimate of drug-likeness (QED) is 0.722. The first kappa shape index (κ1) is 15.9. The highest BCUT2D eigenvalue weighted by atomic mass is 16.3. The SMILES string of the molecule is O=C(Cc1nnn(-c2ccccc2)c1-c1ccccc1)NCCO. The summed E-state index contributed by atoms with van der Waals surface area (Å²) in [4.78, 5) is 12.0. The highest BCUT2D eigenvalue weighted by Crippen LogP contribution is 2.25. The molecule has 0 aliphatic rings. The van der Waals surface area contributed by atoms with Gasteiger partial charge in [0.25, 0.3) is 0 Å². The van der Waals surface area contributed by atoms with Crippen molar-refractivity contribution in [3.05, 3.63) is 66.4 Å². The van der Waals surface area contributed by atoms with Gasteiger partial charge in [-0.3, -0.25) is 4.79 Å². The van der Waals surface area contributed by atoms with Crippen LogP contribution in [0.5, 0.6) is 0 Å². The second-order valence-corrected chi connectivity index (χ2v) is 5.25. The second kappa shape index (κ2) is 7.52. The van der Waals surface area contributed by atoms with E-state index in [1.165, 1.54) is 0 Å². The first-order chi connectivity index (χ1) is 11.8. The molecule has 0 unspecified atom stereocenters. The minimum Gasteiger partial charge on any atom is -0.395 e. The van der Waals surface area contributed by atoms with Gasteiger partial charge in [0.05, 0.1) is 24.4 Å². The van der Waals surface area contributed by atoms with Gasteiger partial charge in [0.1, 0.15) is 5.69 Å². The summed E-state index contributed by atoms with van der Waals surface area (Å²) < 4.78 is 1.74. The van der Waals surface area contributed by atoms with Gasteiger partial charge in [-0.2, -0.15) is 0 Å². The van der Waals surface area contributed by atoms with Gasteiger partial charge in [-0.15, -0.1) is 5.10 Å². The van der Waals surface area contributed by atoms with Crippen LogP contribution in [0, 0.1) is 0 Å². The van der Waals surface area contributed by atoms with Crippen molar-refractivity contribution < 1.29 is 9.90 Å². The van der Waals surface area contributed by atoms with Crippen molar-refractivity contribution in [3.63, 3.8) is 0 Å². The first-order valence-electron chi connectivity index (χ1n) is 7.72. The fourth-order valence-electron chi connectivity index (χ4n) is 2.48. The van der Waals surface area contributed by atoms with Gasteiger partial charge in [-0.1, -0.05) is 53.7 Å². The number of aliphatic hydroxyl groups excluding tert-OH is 1. The van der Waals surface area contributed by atoms with Crippen molar-refractivity contribution in [1.29, 1.82) is 0 Å². The summed E-state index contributed by atoms with van der Waals surface area (Å²) in [6, 6.07) is 19.4. The Labute approximate surface area is 139 Å². The average Bonchev–Trinajstić information content (AvgIpc) is 3.05. The lowest BCUT2D eigenvalue weighted by Crippen LogP contribution is -2.28. The topological polar surface area (TPSA) is 80.0 Å². The lowest BCUT2D eigenvalue weighted by Gasteiger charge is -2.08. The molecule has 2 N–H and O–H groups in total. The van der Waals surface area contributed by atoms with Crippen molar-refractivity contribution in [2.45, 2.75) is 6.42 Å². The Hall–Kier alpha value is -2.99. The molecule has 6 heteroatoms. The summed E-state index contributed by atoms with van der Waals surface area (Å²) >= 11 is 0. The predicted molar refractivity (Wildman–Crippen MR) is 90.6 cm³/mol. The fraction of sp³-hybridized carbons (Fsp3) is 0.167. The molecule has 6 nitrogen and oxygen atoms in total. The van der Waals surface area contributed by atoms with Crippen LogP contribution in [-0.4, -0.2) is 39.2 Å². The van der Waals surface area contributed by atoms with E-state index in [2.05, 4.69) is 15.6 Å². The molecular formula is C18H18N4O2. The highest BCUT2D eigenvalue weighted by molar-refractivity contribution is 5.80. The van der Waals surface area contributed by atoms with Gasteiger partial charge in [-0.05, 0) is 12.1 Å². The lowest BCUT2D eigenvalue weighted by atomic mass is 10.1. The number of carbonyl (C=O) groups is 1. The van der Waals surface area contributed by atoms with Crippen LogP contribution >= 0.6 is 0 Å². The summed E-state index contributed by atoms with van der Waals surface area (Å²) in [5.41, 5.74) is 3.21. The molecule has 0 aliphatic heterocycles. The van der Waals surface area contributed by atoms with Gasteiger partial charge < -0.3 is 10.4 Å². The Bertz CT molecular complexity index is 800. The molecule has 0 bridgehead atoms. The summed E-state index contributed by atoms with van der Waals surface area (Å²) in [7, 11) is 0. The van der Waals surface area contributed by atoms with Crippen LogP contribution in [0.4, 0.5) is 0 Å². The molecule has 1 aromatic heterocycles. The summed E-state index contributed by atoms with van der Waals surface area (Å²) in [5, 5.41) is 19.9. The molecule has 0 saturated carbocycles. The molecule has 122 valence electrons. The van der Waals surface area contributed by atoms with Crippen molar-refractivity contribution in [2.75, 3.05) is 13.2 Å². The number of para-hydroxylation sites is 1. The zero-order valence-electron chi connectivity index (χ0n) is 13.1. The summed E-state index contributed by atoms with van der Waals surface area (Å²) in [5.74, 6) is -0.193. The monoisotopic (exact) mass is 322 g/mol. The van der Waals surface area contributed by atoms with Crippen molar-refractivity contribution in [3.8, 4) is 16.9 Å². The number of nitrogens with one attached hydrogen (secondary N) is 1. The number of aromatic nitrogens is 3. The zero-order chi connectivity index (χ0) is 16.8. The van der Waals surface area contributed by atoms with Gasteiger partial charge >= 0.3 is 0 Å². The van der Waals surface area contributed by atoms with Crippen LogP contribution in [0.1, 0.15) is 5.69 Å². The molecule has 0 aliphatic carbocycles. The van der Waals surface area contributed by atoms with Gasteiger partial charge in [0.2, 0.25) is 5.91 Å². The molecular weight excluding hydrogens is 304 g/mol. The standard InChI is InChI=1S/C18H18N4O2/c23-12-11-19-17(24)13-16-18(14-7-3-1-4-8-14)22(21-20-16)15-9-5-2-6-10-15/h1-10,23H,11-13H2,(H,19,24). The molecule has 1 heterocycles. The van der Waals surface area contributed by atoms with E-state index < -0.39 is 0 Å². The maximum Gasteiger partial charge on any atom is 0.226 e. The molecule has 3 aromatic rings. The molecule has 0 atom stereocenters. The summed E-state index contributed by atoms with van der Waals surface area (Å²) in [6.45, 7) is 0.139. The Kier molecular flexibility index (Phi) is 4.98. The van der Waals surface area contributed by atoms with Crippen molar-refractivity contribution >= 4 is 5.91 Å². The van der Waals surface area contributed by atoms with Gasteiger partial charge in [0, 0.05) is 12.1 Å². The second-order valence-electron chi connectivity index (χ2n) is 5.25. The van der Waals surface area contributed by atoms with Gasteiger partial charge in [-0.25, -0.2) is 4.68 Å². The Morgan fingerprint density at radius 2 is 1.71 bits per heavy atom. The number of nitrogens with zero attached hydrogens (tertiary/aromatic N) is 3. The largest absolute Gasteiger partial charge is 0.395 e. The predicted octanol–water partition coefficient (Wildman–Crippen LogP) is 1.59. The van der Waals surface area contributed by atoms with Crippen molar-refractivity contribution in [2.24, 2.45) is 0 Å². The van der Waals surface area contributed by atoms with E-state index in [1.54, 1.807) is 4.68 Å². The Morgan fingerprint density at radius 1 is 1.04 bits per heavy atom. The molecule has 0 saturated heterocycles. The molecule has 3 rings (SSSR count). The fourth-order valence-corrected chi connectivity index (χ4v) is 2.48. The number of amides is 1. The number of hydrogen-bond donors (Lipinski definition) is 2. The number of benzene rings is 2. The van der Waals surface area contributed by atoms with E-state index in [1.807, 2.05) is 60.7 Å².